The van der Waals surface area contributed by atoms with Gasteiger partial charge in [0, 0.05) is 0 Å². The summed E-state index contributed by atoms with van der Waals surface area (Å²) in [5, 5.41) is 20.0. The standard InChI is InChI=1S/C12H14BrN3O3S/c1-3-12(2,11(17)18)14-6-9-15-16-10(19-9)7-4-5-8(13)20-7/h4-5,14H,3,6H2,1-2H3,(H,17,18). The number of carbonyl (C=O) groups is 1. The third-order valence-electron chi connectivity index (χ3n) is 3.06. The number of rotatable bonds is 6. The van der Waals surface area contributed by atoms with E-state index in [1.165, 1.54) is 11.3 Å². The largest absolute Gasteiger partial charge is 0.480 e. The Labute approximate surface area is 128 Å². The molecule has 0 aromatic carbocycles. The van der Waals surface area contributed by atoms with Gasteiger partial charge in [0.2, 0.25) is 5.89 Å². The van der Waals surface area contributed by atoms with Crippen molar-refractivity contribution < 1.29 is 14.3 Å². The molecule has 0 amide bonds. The zero-order valence-electron chi connectivity index (χ0n) is 11.0. The molecule has 2 rings (SSSR count). The first-order chi connectivity index (χ1) is 9.44. The maximum absolute atomic E-state index is 11.2. The molecule has 2 heterocycles. The van der Waals surface area contributed by atoms with Crippen LogP contribution in [0.3, 0.4) is 0 Å². The summed E-state index contributed by atoms with van der Waals surface area (Å²) in [5.74, 6) is -0.0987. The molecule has 0 aliphatic rings. The average molecular weight is 360 g/mol. The minimum Gasteiger partial charge on any atom is -0.480 e. The molecule has 1 atom stereocenters. The molecule has 108 valence electrons. The van der Waals surface area contributed by atoms with Crippen molar-refractivity contribution in [2.24, 2.45) is 0 Å². The molecular weight excluding hydrogens is 346 g/mol. The summed E-state index contributed by atoms with van der Waals surface area (Å²) >= 11 is 4.86. The molecule has 0 fully saturated rings. The zero-order valence-corrected chi connectivity index (χ0v) is 13.4. The van der Waals surface area contributed by atoms with Crippen LogP contribution in [0.15, 0.2) is 20.3 Å². The lowest BCUT2D eigenvalue weighted by Gasteiger charge is -2.23. The summed E-state index contributed by atoms with van der Waals surface area (Å²) in [7, 11) is 0. The van der Waals surface area contributed by atoms with Crippen LogP contribution in [-0.4, -0.2) is 26.8 Å². The Hall–Kier alpha value is -1.25. The molecule has 0 saturated heterocycles. The molecule has 1 unspecified atom stereocenters. The number of aromatic nitrogens is 2. The van der Waals surface area contributed by atoms with Crippen molar-refractivity contribution >= 4 is 33.2 Å². The third-order valence-corrected chi connectivity index (χ3v) is 4.67. The van der Waals surface area contributed by atoms with Crippen LogP contribution in [0.1, 0.15) is 26.2 Å². The van der Waals surface area contributed by atoms with Crippen LogP contribution in [-0.2, 0) is 11.3 Å². The summed E-state index contributed by atoms with van der Waals surface area (Å²) in [6.07, 6.45) is 0.460. The number of carboxylic acid groups (broad SMARTS) is 1. The summed E-state index contributed by atoms with van der Waals surface area (Å²) in [6, 6.07) is 3.79. The Balaban J connectivity index is 2.05. The van der Waals surface area contributed by atoms with Gasteiger partial charge in [0.1, 0.15) is 5.54 Å². The molecule has 8 heteroatoms. The fourth-order valence-corrected chi connectivity index (χ4v) is 2.78. The Kier molecular flexibility index (Phi) is 4.56. The van der Waals surface area contributed by atoms with E-state index in [2.05, 4.69) is 31.4 Å². The number of carboxylic acids is 1. The van der Waals surface area contributed by atoms with Crippen LogP contribution < -0.4 is 5.32 Å². The van der Waals surface area contributed by atoms with Gasteiger partial charge in [-0.2, -0.15) is 0 Å². The van der Waals surface area contributed by atoms with E-state index in [-0.39, 0.29) is 6.54 Å². The minimum absolute atomic E-state index is 0.218. The average Bonchev–Trinajstić information content (AvgIpc) is 3.04. The molecule has 2 N–H and O–H groups in total. The highest BCUT2D eigenvalue weighted by atomic mass is 79.9. The lowest BCUT2D eigenvalue weighted by molar-refractivity contribution is -0.144. The van der Waals surface area contributed by atoms with Crippen molar-refractivity contribution in [3.8, 4) is 10.8 Å². The maximum Gasteiger partial charge on any atom is 0.323 e. The number of nitrogens with one attached hydrogen (secondary N) is 1. The van der Waals surface area contributed by atoms with E-state index in [0.29, 0.717) is 18.2 Å². The van der Waals surface area contributed by atoms with Gasteiger partial charge in [-0.15, -0.1) is 21.5 Å². The van der Waals surface area contributed by atoms with Crippen molar-refractivity contribution in [1.82, 2.24) is 15.5 Å². The Bertz CT molecular complexity index is 613. The highest BCUT2D eigenvalue weighted by molar-refractivity contribution is 9.11. The fourth-order valence-electron chi connectivity index (χ4n) is 1.48. The predicted molar refractivity (Wildman–Crippen MR) is 78.5 cm³/mol. The molecule has 20 heavy (non-hydrogen) atoms. The highest BCUT2D eigenvalue weighted by Gasteiger charge is 2.30. The molecule has 6 nitrogen and oxygen atoms in total. The van der Waals surface area contributed by atoms with Gasteiger partial charge in [-0.3, -0.25) is 10.1 Å². The van der Waals surface area contributed by atoms with Gasteiger partial charge >= 0.3 is 5.97 Å². The molecule has 0 aliphatic carbocycles. The van der Waals surface area contributed by atoms with Crippen LogP contribution in [0.2, 0.25) is 0 Å². The number of hydrogen-bond acceptors (Lipinski definition) is 6. The Morgan fingerprint density at radius 2 is 2.30 bits per heavy atom. The van der Waals surface area contributed by atoms with Crippen molar-refractivity contribution in [2.45, 2.75) is 32.4 Å². The van der Waals surface area contributed by atoms with Gasteiger partial charge in [-0.25, -0.2) is 0 Å². The Morgan fingerprint density at radius 1 is 1.55 bits per heavy atom. The topological polar surface area (TPSA) is 88.3 Å². The van der Waals surface area contributed by atoms with E-state index in [9.17, 15) is 4.79 Å². The summed E-state index contributed by atoms with van der Waals surface area (Å²) in [6.45, 7) is 3.66. The van der Waals surface area contributed by atoms with Gasteiger partial charge in [-0.05, 0) is 41.4 Å². The van der Waals surface area contributed by atoms with E-state index >= 15 is 0 Å². The number of nitrogens with zero attached hydrogens (tertiary/aromatic N) is 2. The smallest absolute Gasteiger partial charge is 0.323 e. The molecule has 0 aliphatic heterocycles. The summed E-state index contributed by atoms with van der Waals surface area (Å²) in [5.41, 5.74) is -0.999. The predicted octanol–water partition coefficient (Wildman–Crippen LogP) is 2.90. The van der Waals surface area contributed by atoms with E-state index < -0.39 is 11.5 Å². The first-order valence-electron chi connectivity index (χ1n) is 6.01. The van der Waals surface area contributed by atoms with Gasteiger partial charge in [0.25, 0.3) is 5.89 Å². The van der Waals surface area contributed by atoms with Gasteiger partial charge < -0.3 is 9.52 Å². The zero-order chi connectivity index (χ0) is 14.8. The van der Waals surface area contributed by atoms with Crippen molar-refractivity contribution in [1.29, 1.82) is 0 Å². The van der Waals surface area contributed by atoms with Crippen molar-refractivity contribution in [3.05, 3.63) is 21.8 Å². The van der Waals surface area contributed by atoms with Gasteiger partial charge in [-0.1, -0.05) is 6.92 Å². The molecule has 0 saturated carbocycles. The van der Waals surface area contributed by atoms with Crippen molar-refractivity contribution in [3.63, 3.8) is 0 Å². The first-order valence-corrected chi connectivity index (χ1v) is 7.62. The van der Waals surface area contributed by atoms with Crippen LogP contribution in [0.25, 0.3) is 10.8 Å². The SMILES string of the molecule is CCC(C)(NCc1nnc(-c2ccc(Br)s2)o1)C(=O)O. The van der Waals surface area contributed by atoms with Gasteiger partial charge in [0.05, 0.1) is 15.2 Å². The molecule has 0 spiro atoms. The van der Waals surface area contributed by atoms with Crippen molar-refractivity contribution in [2.75, 3.05) is 0 Å². The number of thiophene rings is 1. The lowest BCUT2D eigenvalue weighted by Crippen LogP contribution is -2.48. The van der Waals surface area contributed by atoms with E-state index in [1.54, 1.807) is 6.92 Å². The van der Waals surface area contributed by atoms with E-state index in [1.807, 2.05) is 19.1 Å². The monoisotopic (exact) mass is 359 g/mol. The molecule has 0 radical (unpaired) electrons. The molecular formula is C12H14BrN3O3S. The second-order valence-corrected chi connectivity index (χ2v) is 6.91. The highest BCUT2D eigenvalue weighted by Crippen LogP contribution is 2.30. The molecule has 0 bridgehead atoms. The van der Waals surface area contributed by atoms with E-state index in [4.69, 9.17) is 9.52 Å². The van der Waals surface area contributed by atoms with Crippen LogP contribution >= 0.6 is 27.3 Å². The number of aliphatic carboxylic acids is 1. The summed E-state index contributed by atoms with van der Waals surface area (Å²) in [4.78, 5) is 12.0. The first kappa shape index (κ1) is 15.1. The van der Waals surface area contributed by atoms with E-state index in [0.717, 1.165) is 8.66 Å². The molecule has 2 aromatic heterocycles. The number of hydrogen-bond donors (Lipinski definition) is 2. The maximum atomic E-state index is 11.2. The number of halogens is 1. The molecule has 2 aromatic rings. The van der Waals surface area contributed by atoms with Crippen LogP contribution in [0.4, 0.5) is 0 Å². The van der Waals surface area contributed by atoms with Crippen LogP contribution in [0.5, 0.6) is 0 Å². The Morgan fingerprint density at radius 3 is 2.85 bits per heavy atom. The second-order valence-electron chi connectivity index (χ2n) is 4.45. The van der Waals surface area contributed by atoms with Crippen LogP contribution in [0, 0.1) is 0 Å². The summed E-state index contributed by atoms with van der Waals surface area (Å²) < 4.78 is 6.50. The normalized spacial score (nSPS) is 14.2. The third kappa shape index (κ3) is 3.25. The fraction of sp³-hybridized carbons (Fsp3) is 0.417. The lowest BCUT2D eigenvalue weighted by atomic mass is 9.99. The van der Waals surface area contributed by atoms with Gasteiger partial charge in [0.15, 0.2) is 0 Å². The second kappa shape index (κ2) is 6.02. The minimum atomic E-state index is -0.999. The quantitative estimate of drug-likeness (QED) is 0.824.